The van der Waals surface area contributed by atoms with Crippen molar-refractivity contribution in [3.63, 3.8) is 0 Å². The third-order valence-electron chi connectivity index (χ3n) is 21.2. The van der Waals surface area contributed by atoms with Crippen LogP contribution >= 0.6 is 23.2 Å². The first-order valence-corrected chi connectivity index (χ1v) is 34.3. The number of benzene rings is 4. The standard InChI is InChI=1S/2C33H39ClN2O5S/c2*1-40-29-6-2-3-13-32(15-16-32)31(37)35-42(38,39)25-9-12-30-28(18-25)36(19-23-7-10-26(23)29)20-33(21-41-30)14-4-5-22-17-24(34)8-11-27(22)33/h2*2,6,8-9,11-12,17-18,23,26,29H,3-5,7,10,13-16,19-21H2,1H3,(H,35,37)/b6-2+;6-2-/t2*23-,26+,29+,33-/m00/s1. The highest BCUT2D eigenvalue weighted by molar-refractivity contribution is 7.90. The second kappa shape index (κ2) is 22.6. The first-order valence-electron chi connectivity index (χ1n) is 30.6. The van der Waals surface area contributed by atoms with Crippen LogP contribution in [0.2, 0.25) is 10.0 Å². The largest absolute Gasteiger partial charge is 0.490 e. The van der Waals surface area contributed by atoms with Gasteiger partial charge in [0, 0.05) is 61.3 Å². The van der Waals surface area contributed by atoms with Gasteiger partial charge >= 0.3 is 0 Å². The Labute approximate surface area is 505 Å². The quantitative estimate of drug-likeness (QED) is 0.182. The Morgan fingerprint density at radius 2 is 0.964 bits per heavy atom. The summed E-state index contributed by atoms with van der Waals surface area (Å²) in [5, 5.41) is 1.49. The van der Waals surface area contributed by atoms with Crippen LogP contribution in [0.15, 0.2) is 107 Å². The lowest BCUT2D eigenvalue weighted by Crippen LogP contribution is -2.49. The number of ether oxygens (including phenoxy) is 4. The number of carbonyl (C=O) groups excluding carboxylic acids is 2. The van der Waals surface area contributed by atoms with Gasteiger partial charge in [-0.1, -0.05) is 59.6 Å². The summed E-state index contributed by atoms with van der Waals surface area (Å²) in [7, 11) is -4.53. The first-order chi connectivity index (χ1) is 40.4. The van der Waals surface area contributed by atoms with Crippen molar-refractivity contribution in [2.24, 2.45) is 34.5 Å². The molecule has 448 valence electrons. The molecular formula is C66H78Cl2N4O10S2. The molecule has 84 heavy (non-hydrogen) atoms. The van der Waals surface area contributed by atoms with Gasteiger partial charge in [0.1, 0.15) is 11.5 Å². The lowest BCUT2D eigenvalue weighted by molar-refractivity contribution is -0.125. The van der Waals surface area contributed by atoms with Crippen molar-refractivity contribution in [1.82, 2.24) is 9.44 Å². The van der Waals surface area contributed by atoms with E-state index in [2.05, 4.69) is 67.8 Å². The molecule has 4 heterocycles. The minimum atomic E-state index is -4.05. The summed E-state index contributed by atoms with van der Waals surface area (Å²) in [6.07, 6.45) is 24.5. The number of amides is 2. The van der Waals surface area contributed by atoms with E-state index >= 15 is 0 Å². The van der Waals surface area contributed by atoms with E-state index in [1.165, 1.54) is 22.3 Å². The number of aryl methyl sites for hydroxylation is 2. The van der Waals surface area contributed by atoms with E-state index in [0.29, 0.717) is 100.0 Å². The number of sulfonamides is 2. The fraction of sp³-hybridized carbons (Fsp3) is 0.545. The lowest BCUT2D eigenvalue weighted by Gasteiger charge is -2.46. The monoisotopic (exact) mass is 1220 g/mol. The van der Waals surface area contributed by atoms with Gasteiger partial charge in [0.05, 0.1) is 57.4 Å². The molecule has 4 aromatic rings. The maximum absolute atomic E-state index is 13.6. The smallest absolute Gasteiger partial charge is 0.264 e. The molecule has 4 aliphatic heterocycles. The van der Waals surface area contributed by atoms with E-state index in [-0.39, 0.29) is 32.8 Å². The van der Waals surface area contributed by atoms with Crippen molar-refractivity contribution < 1.29 is 45.4 Å². The number of halogens is 2. The van der Waals surface area contributed by atoms with Crippen LogP contribution in [0.3, 0.4) is 0 Å². The molecule has 0 unspecified atom stereocenters. The normalized spacial score (nSPS) is 32.0. The molecular weight excluding hydrogens is 1140 g/mol. The van der Waals surface area contributed by atoms with E-state index in [1.807, 2.05) is 12.1 Å². The van der Waals surface area contributed by atoms with Gasteiger partial charge in [-0.15, -0.1) is 0 Å². The van der Waals surface area contributed by atoms with Crippen molar-refractivity contribution in [3.05, 3.63) is 129 Å². The first kappa shape index (κ1) is 57.9. The van der Waals surface area contributed by atoms with Crippen LogP contribution in [-0.2, 0) is 62.8 Å². The van der Waals surface area contributed by atoms with Crippen LogP contribution in [-0.4, -0.2) is 94.5 Å². The summed E-state index contributed by atoms with van der Waals surface area (Å²) in [6.45, 7) is 3.99. The Morgan fingerprint density at radius 1 is 0.536 bits per heavy atom. The number of hydrogen-bond acceptors (Lipinski definition) is 12. The number of methoxy groups -OCH3 is 2. The highest BCUT2D eigenvalue weighted by Crippen LogP contribution is 2.53. The van der Waals surface area contributed by atoms with Crippen molar-refractivity contribution in [2.45, 2.75) is 148 Å². The maximum Gasteiger partial charge on any atom is 0.264 e. The highest BCUT2D eigenvalue weighted by Gasteiger charge is 2.52. The Bertz CT molecular complexity index is 3300. The third kappa shape index (κ3) is 11.0. The topological polar surface area (TPSA) is 170 Å². The summed E-state index contributed by atoms with van der Waals surface area (Å²) in [4.78, 5) is 31.4. The molecule has 10 aliphatic rings. The summed E-state index contributed by atoms with van der Waals surface area (Å²) >= 11 is 12.8. The minimum absolute atomic E-state index is 0.0153. The van der Waals surface area contributed by atoms with Gasteiger partial charge in [0.15, 0.2) is 0 Å². The SMILES string of the molecule is CO[C@@H]1/C=C/CCC2(CC2)C(=O)NS(=O)(=O)c2ccc3c(c2)N(C[C@@H]2CC[C@H]21)C[C@@]1(CCCc2cc(Cl)ccc21)CO3.CO[C@@H]1/C=C\CCC2(CC2)C(=O)NS(=O)(=O)c2ccc3c(c2)N(C[C@@H]2CC[C@H]21)C[C@@]1(CCCc2cc(Cl)ccc21)CO3. The van der Waals surface area contributed by atoms with Crippen molar-refractivity contribution in [1.29, 1.82) is 0 Å². The minimum Gasteiger partial charge on any atom is -0.490 e. The molecule has 0 saturated heterocycles. The Kier molecular flexibility index (Phi) is 15.6. The summed E-state index contributed by atoms with van der Waals surface area (Å²) < 4.78 is 84.2. The summed E-state index contributed by atoms with van der Waals surface area (Å²) in [6, 6.07) is 22.5. The molecule has 0 aromatic heterocycles. The molecule has 18 heteroatoms. The average Bonchev–Trinajstić information content (AvgIpc) is 4.35. The molecule has 0 radical (unpaired) electrons. The van der Waals surface area contributed by atoms with E-state index in [4.69, 9.17) is 42.1 Å². The molecule has 4 fully saturated rings. The zero-order valence-electron chi connectivity index (χ0n) is 48.2. The molecule has 6 aliphatic carbocycles. The molecule has 14 rings (SSSR count). The Balaban J connectivity index is 0.000000157. The average molecular weight is 1220 g/mol. The van der Waals surface area contributed by atoms with Crippen molar-refractivity contribution in [3.8, 4) is 11.5 Å². The van der Waals surface area contributed by atoms with Gasteiger partial charge in [-0.3, -0.25) is 9.59 Å². The van der Waals surface area contributed by atoms with Crippen LogP contribution in [0.4, 0.5) is 11.4 Å². The second-order valence-corrected chi connectivity index (χ2v) is 30.5. The van der Waals surface area contributed by atoms with Crippen molar-refractivity contribution in [2.75, 3.05) is 63.4 Å². The molecule has 14 nitrogen and oxygen atoms in total. The Morgan fingerprint density at radius 3 is 1.35 bits per heavy atom. The summed E-state index contributed by atoms with van der Waals surface area (Å²) in [5.41, 5.74) is 4.91. The van der Waals surface area contributed by atoms with Gasteiger partial charge < -0.3 is 28.7 Å². The molecule has 8 atom stereocenters. The predicted molar refractivity (Wildman–Crippen MR) is 325 cm³/mol. The molecule has 4 spiro atoms. The van der Waals surface area contributed by atoms with Gasteiger partial charge in [-0.05, 0) is 222 Å². The number of rotatable bonds is 2. The zero-order valence-corrected chi connectivity index (χ0v) is 51.4. The van der Waals surface area contributed by atoms with Gasteiger partial charge in [-0.2, -0.15) is 0 Å². The summed E-state index contributed by atoms with van der Waals surface area (Å²) in [5.74, 6) is 2.12. The highest BCUT2D eigenvalue weighted by atomic mass is 35.5. The predicted octanol–water partition coefficient (Wildman–Crippen LogP) is 11.6. The number of nitrogens with one attached hydrogen (secondary N) is 2. The number of nitrogens with zero attached hydrogens (tertiary/aromatic N) is 2. The van der Waals surface area contributed by atoms with E-state index in [0.717, 1.165) is 112 Å². The second-order valence-electron chi connectivity index (χ2n) is 26.2. The van der Waals surface area contributed by atoms with Crippen LogP contribution in [0, 0.1) is 34.5 Å². The van der Waals surface area contributed by atoms with Gasteiger partial charge in [0.2, 0.25) is 11.8 Å². The van der Waals surface area contributed by atoms with E-state index in [9.17, 15) is 26.4 Å². The van der Waals surface area contributed by atoms with Crippen LogP contribution in [0.5, 0.6) is 11.5 Å². The van der Waals surface area contributed by atoms with Gasteiger partial charge in [-0.25, -0.2) is 26.3 Å². The lowest BCUT2D eigenvalue weighted by atomic mass is 9.68. The maximum atomic E-state index is 13.6. The number of allylic oxidation sites excluding steroid dienone is 2. The molecule has 4 bridgehead atoms. The molecule has 2 N–H and O–H groups in total. The van der Waals surface area contributed by atoms with Crippen LogP contribution < -0.4 is 28.7 Å². The van der Waals surface area contributed by atoms with Gasteiger partial charge in [0.25, 0.3) is 20.0 Å². The fourth-order valence-electron chi connectivity index (χ4n) is 15.6. The van der Waals surface area contributed by atoms with E-state index < -0.39 is 42.7 Å². The zero-order chi connectivity index (χ0) is 58.2. The molecule has 4 saturated carbocycles. The third-order valence-corrected chi connectivity index (χ3v) is 24.4. The number of hydrogen-bond donors (Lipinski definition) is 2. The number of fused-ring (bicyclic) bond motifs is 8. The Hall–Kier alpha value is -5.10. The molecule has 2 amide bonds. The fourth-order valence-corrected chi connectivity index (χ4v) is 18.2. The number of anilines is 2. The molecule has 4 aromatic carbocycles. The van der Waals surface area contributed by atoms with Crippen LogP contribution in [0.1, 0.15) is 125 Å². The number of carbonyl (C=O) groups is 2. The van der Waals surface area contributed by atoms with Crippen molar-refractivity contribution >= 4 is 66.4 Å². The van der Waals surface area contributed by atoms with Crippen LogP contribution in [0.25, 0.3) is 0 Å². The van der Waals surface area contributed by atoms with E-state index in [1.54, 1.807) is 50.6 Å².